The van der Waals surface area contributed by atoms with Gasteiger partial charge in [-0.05, 0) is 59.2 Å². The number of rotatable bonds is 9. The summed E-state index contributed by atoms with van der Waals surface area (Å²) in [5.74, 6) is 0.851. The van der Waals surface area contributed by atoms with Gasteiger partial charge in [-0.25, -0.2) is 9.97 Å². The largest absolute Gasteiger partial charge is 0.421 e. The zero-order chi connectivity index (χ0) is 25.0. The van der Waals surface area contributed by atoms with E-state index in [1.807, 2.05) is 6.92 Å². The van der Waals surface area contributed by atoms with E-state index in [-0.39, 0.29) is 30.1 Å². The zero-order valence-electron chi connectivity index (χ0n) is 20.0. The molecule has 0 spiro atoms. The van der Waals surface area contributed by atoms with Gasteiger partial charge in [-0.3, -0.25) is 4.79 Å². The van der Waals surface area contributed by atoms with Crippen molar-refractivity contribution >= 4 is 34.8 Å². The van der Waals surface area contributed by atoms with Crippen LogP contribution >= 0.6 is 11.3 Å². The lowest BCUT2D eigenvalue weighted by Gasteiger charge is -2.27. The van der Waals surface area contributed by atoms with Crippen molar-refractivity contribution < 1.29 is 18.0 Å². The second-order valence-corrected chi connectivity index (χ2v) is 10.5. The number of amides is 1. The van der Waals surface area contributed by atoms with Crippen LogP contribution in [-0.2, 0) is 11.0 Å². The molecule has 1 saturated carbocycles. The molecule has 3 heterocycles. The number of carbonyl (C=O) groups is 1. The number of likely N-dealkylation sites (tertiary alicyclic amines) is 1. The van der Waals surface area contributed by atoms with Crippen LogP contribution in [-0.4, -0.2) is 59.0 Å². The molecule has 0 bridgehead atoms. The molecule has 1 aliphatic carbocycles. The van der Waals surface area contributed by atoms with Crippen LogP contribution in [0.4, 0.5) is 30.8 Å². The summed E-state index contributed by atoms with van der Waals surface area (Å²) in [6.45, 7) is 4.61. The number of thiazole rings is 1. The Labute approximate surface area is 207 Å². The number of anilines is 3. The van der Waals surface area contributed by atoms with E-state index in [1.54, 1.807) is 11.3 Å². The van der Waals surface area contributed by atoms with Gasteiger partial charge in [0.05, 0.1) is 5.01 Å². The Morgan fingerprint density at radius 1 is 1.14 bits per heavy atom. The van der Waals surface area contributed by atoms with Crippen molar-refractivity contribution in [1.82, 2.24) is 25.2 Å². The molecule has 2 fully saturated rings. The van der Waals surface area contributed by atoms with Crippen LogP contribution in [0, 0.1) is 12.8 Å². The Bertz CT molecular complexity index is 1020. The first-order valence-electron chi connectivity index (χ1n) is 12.1. The molecule has 4 rings (SSSR count). The summed E-state index contributed by atoms with van der Waals surface area (Å²) in [6.07, 6.45) is 1.65. The Morgan fingerprint density at radius 3 is 2.54 bits per heavy atom. The number of piperidine rings is 1. The molecule has 0 unspecified atom stereocenters. The van der Waals surface area contributed by atoms with Gasteiger partial charge in [-0.15, -0.1) is 11.3 Å². The van der Waals surface area contributed by atoms with E-state index in [1.165, 1.54) is 0 Å². The average Bonchev–Trinajstić information content (AvgIpc) is 3.12. The molecule has 0 atom stereocenters. The van der Waals surface area contributed by atoms with Crippen LogP contribution < -0.4 is 16.0 Å². The first-order chi connectivity index (χ1) is 16.7. The molecule has 0 aromatic carbocycles. The number of nitrogens with zero attached hydrogens (tertiary/aromatic N) is 4. The first-order valence-corrected chi connectivity index (χ1v) is 12.9. The van der Waals surface area contributed by atoms with E-state index in [4.69, 9.17) is 4.98 Å². The maximum atomic E-state index is 13.5. The van der Waals surface area contributed by atoms with E-state index in [0.29, 0.717) is 24.7 Å². The zero-order valence-corrected chi connectivity index (χ0v) is 20.9. The minimum absolute atomic E-state index is 0.0269. The number of hydrogen-bond donors (Lipinski definition) is 3. The van der Waals surface area contributed by atoms with Gasteiger partial charge in [-0.2, -0.15) is 18.2 Å². The van der Waals surface area contributed by atoms with E-state index in [2.05, 4.69) is 37.9 Å². The molecular formula is C23H32F3N7OS. The van der Waals surface area contributed by atoms with Crippen molar-refractivity contribution in [3.05, 3.63) is 21.6 Å². The summed E-state index contributed by atoms with van der Waals surface area (Å²) in [4.78, 5) is 27.8. The van der Waals surface area contributed by atoms with Gasteiger partial charge >= 0.3 is 6.18 Å². The fourth-order valence-corrected chi connectivity index (χ4v) is 5.22. The quantitative estimate of drug-likeness (QED) is 0.426. The van der Waals surface area contributed by atoms with Gasteiger partial charge in [0.2, 0.25) is 11.9 Å². The van der Waals surface area contributed by atoms with Crippen LogP contribution in [0.1, 0.15) is 59.9 Å². The first kappa shape index (κ1) is 25.6. The van der Waals surface area contributed by atoms with E-state index in [9.17, 15) is 18.0 Å². The van der Waals surface area contributed by atoms with E-state index < -0.39 is 11.7 Å². The predicted octanol–water partition coefficient (Wildman–Crippen LogP) is 4.53. The number of hydrogen-bond acceptors (Lipinski definition) is 8. The van der Waals surface area contributed by atoms with Crippen LogP contribution in [0.5, 0.6) is 0 Å². The fourth-order valence-electron chi connectivity index (χ4n) is 4.17. The summed E-state index contributed by atoms with van der Waals surface area (Å²) in [6, 6.07) is 0. The number of carbonyl (C=O) groups excluding carboxylic acids is 1. The van der Waals surface area contributed by atoms with Gasteiger partial charge in [-0.1, -0.05) is 6.42 Å². The van der Waals surface area contributed by atoms with Crippen molar-refractivity contribution in [3.63, 3.8) is 0 Å². The Morgan fingerprint density at radius 2 is 1.89 bits per heavy atom. The molecule has 0 radical (unpaired) electrons. The third-order valence-electron chi connectivity index (χ3n) is 6.63. The van der Waals surface area contributed by atoms with Crippen LogP contribution in [0.15, 0.2) is 6.20 Å². The molecule has 1 saturated heterocycles. The molecule has 2 aromatic rings. The van der Waals surface area contributed by atoms with Crippen molar-refractivity contribution in [3.8, 4) is 0 Å². The van der Waals surface area contributed by atoms with Gasteiger partial charge in [0.1, 0.15) is 17.2 Å². The van der Waals surface area contributed by atoms with Crippen LogP contribution in [0.2, 0.25) is 0 Å². The molecular weight excluding hydrogens is 479 g/mol. The molecule has 2 aromatic heterocycles. The number of aromatic nitrogens is 3. The Hall–Kier alpha value is -2.47. The maximum Gasteiger partial charge on any atom is 0.421 e. The summed E-state index contributed by atoms with van der Waals surface area (Å²) in [5, 5.41) is 9.65. The highest BCUT2D eigenvalue weighted by Crippen LogP contribution is 2.36. The average molecular weight is 512 g/mol. The number of halogens is 3. The lowest BCUT2D eigenvalue weighted by molar-refractivity contribution is -0.137. The highest BCUT2D eigenvalue weighted by atomic mass is 32.1. The molecule has 2 aliphatic rings. The molecule has 1 amide bonds. The van der Waals surface area contributed by atoms with Gasteiger partial charge in [0, 0.05) is 36.0 Å². The Kier molecular flexibility index (Phi) is 8.10. The van der Waals surface area contributed by atoms with E-state index in [0.717, 1.165) is 61.3 Å². The van der Waals surface area contributed by atoms with Gasteiger partial charge in [0.25, 0.3) is 0 Å². The SMILES string of the molecule is Cc1sc(C2CCN(C)CC2)nc1Nc1ncc(C(F)(F)F)c(NCCCNC(=O)C2CCC2)n1. The number of aryl methyl sites for hydroxylation is 1. The monoisotopic (exact) mass is 511 g/mol. The normalized spacial score (nSPS) is 17.7. The lowest BCUT2D eigenvalue weighted by Crippen LogP contribution is -2.35. The molecule has 35 heavy (non-hydrogen) atoms. The third-order valence-corrected chi connectivity index (χ3v) is 7.76. The van der Waals surface area contributed by atoms with E-state index >= 15 is 0 Å². The molecule has 1 aliphatic heterocycles. The van der Waals surface area contributed by atoms with Crippen molar-refractivity contribution in [2.45, 2.75) is 57.5 Å². The summed E-state index contributed by atoms with van der Waals surface area (Å²) in [7, 11) is 2.11. The molecule has 8 nitrogen and oxygen atoms in total. The Balaban J connectivity index is 1.38. The summed E-state index contributed by atoms with van der Waals surface area (Å²) in [5.41, 5.74) is -0.927. The lowest BCUT2D eigenvalue weighted by atomic mass is 9.85. The molecule has 192 valence electrons. The topological polar surface area (TPSA) is 95.1 Å². The second-order valence-electron chi connectivity index (χ2n) is 9.31. The third kappa shape index (κ3) is 6.60. The predicted molar refractivity (Wildman–Crippen MR) is 130 cm³/mol. The van der Waals surface area contributed by atoms with Gasteiger partial charge < -0.3 is 20.9 Å². The standard InChI is InChI=1S/C23H32F3N7OS/c1-14-18(30-21(35-14)16-7-11-33(2)12-8-16)31-22-29-13-17(23(24,25)26)19(32-22)27-9-4-10-28-20(34)15-5-3-6-15/h13,15-16H,3-12H2,1-2H3,(H,28,34)(H2,27,29,31,32). The van der Waals surface area contributed by atoms with Crippen molar-refractivity contribution in [2.24, 2.45) is 5.92 Å². The van der Waals surface area contributed by atoms with Crippen molar-refractivity contribution in [2.75, 3.05) is 43.9 Å². The molecule has 3 N–H and O–H groups in total. The summed E-state index contributed by atoms with van der Waals surface area (Å²) < 4.78 is 40.5. The summed E-state index contributed by atoms with van der Waals surface area (Å²) >= 11 is 1.60. The van der Waals surface area contributed by atoms with Crippen LogP contribution in [0.25, 0.3) is 0 Å². The van der Waals surface area contributed by atoms with Gasteiger partial charge in [0.15, 0.2) is 0 Å². The van der Waals surface area contributed by atoms with Crippen LogP contribution in [0.3, 0.4) is 0 Å². The smallest absolute Gasteiger partial charge is 0.369 e. The highest BCUT2D eigenvalue weighted by molar-refractivity contribution is 7.12. The minimum Gasteiger partial charge on any atom is -0.369 e. The second kappa shape index (κ2) is 11.1. The maximum absolute atomic E-state index is 13.5. The van der Waals surface area contributed by atoms with Crippen molar-refractivity contribution in [1.29, 1.82) is 0 Å². The molecule has 12 heteroatoms. The highest BCUT2D eigenvalue weighted by Gasteiger charge is 2.35. The fraction of sp³-hybridized carbons (Fsp3) is 0.652. The number of alkyl halides is 3. The number of nitrogens with one attached hydrogen (secondary N) is 3. The minimum atomic E-state index is -4.59.